The molecule has 0 radical (unpaired) electrons. The van der Waals surface area contributed by atoms with Gasteiger partial charge in [0.05, 0.1) is 0 Å². The molecular formula is C70H62. The number of rotatable bonds is 2. The molecule has 0 nitrogen and oxygen atoms in total. The summed E-state index contributed by atoms with van der Waals surface area (Å²) < 4.78 is 0. The summed E-state index contributed by atoms with van der Waals surface area (Å²) in [6, 6.07) is 62.5. The maximum absolute atomic E-state index is 2.62. The molecule has 0 atom stereocenters. The Morgan fingerprint density at radius 3 is 1.11 bits per heavy atom. The second-order valence-corrected chi connectivity index (χ2v) is 24.9. The molecule has 0 aliphatic rings. The van der Waals surface area contributed by atoms with Crippen molar-refractivity contribution >= 4 is 108 Å². The summed E-state index contributed by atoms with van der Waals surface area (Å²) in [6.07, 6.45) is 0. The van der Waals surface area contributed by atoms with Gasteiger partial charge in [0.1, 0.15) is 0 Å². The first-order valence-corrected chi connectivity index (χ1v) is 25.6. The molecule has 0 bridgehead atoms. The van der Waals surface area contributed by atoms with Crippen molar-refractivity contribution in [3.8, 4) is 22.3 Å². The van der Waals surface area contributed by atoms with Gasteiger partial charge >= 0.3 is 0 Å². The molecule has 0 heterocycles. The second kappa shape index (κ2) is 14.3. The zero-order valence-corrected chi connectivity index (χ0v) is 43.0. The summed E-state index contributed by atoms with van der Waals surface area (Å²) in [5.41, 5.74) is 10.5. The van der Waals surface area contributed by atoms with Gasteiger partial charge in [-0.1, -0.05) is 210 Å². The molecule has 13 aromatic rings. The van der Waals surface area contributed by atoms with Crippen molar-refractivity contribution in [1.29, 1.82) is 0 Å². The van der Waals surface area contributed by atoms with E-state index in [1.807, 2.05) is 0 Å². The molecule has 0 fully saturated rings. The zero-order valence-electron chi connectivity index (χ0n) is 43.0. The van der Waals surface area contributed by atoms with Crippen molar-refractivity contribution < 1.29 is 0 Å². The molecule has 13 aromatic carbocycles. The lowest BCUT2D eigenvalue weighted by Gasteiger charge is -2.26. The van der Waals surface area contributed by atoms with Crippen molar-refractivity contribution in [2.45, 2.75) is 105 Å². The largest absolute Gasteiger partial charge is 0.0616 e. The highest BCUT2D eigenvalue weighted by molar-refractivity contribution is 6.44. The highest BCUT2D eigenvalue weighted by Crippen LogP contribution is 2.56. The van der Waals surface area contributed by atoms with E-state index in [1.54, 1.807) is 0 Å². The van der Waals surface area contributed by atoms with E-state index in [-0.39, 0.29) is 21.7 Å². The molecule has 0 N–H and O–H groups in total. The first kappa shape index (κ1) is 43.0. The van der Waals surface area contributed by atoms with Crippen LogP contribution in [0.3, 0.4) is 0 Å². The minimum absolute atomic E-state index is 0.0275. The highest BCUT2D eigenvalue weighted by Gasteiger charge is 2.30. The predicted molar refractivity (Wildman–Crippen MR) is 310 cm³/mol. The minimum atomic E-state index is -0.0840. The lowest BCUT2D eigenvalue weighted by molar-refractivity contribution is 0.589. The van der Waals surface area contributed by atoms with Crippen LogP contribution in [0.5, 0.6) is 0 Å². The summed E-state index contributed by atoms with van der Waals surface area (Å²) in [5, 5.41) is 26.4. The van der Waals surface area contributed by atoms with Crippen LogP contribution in [0.25, 0.3) is 130 Å². The molecule has 13 rings (SSSR count). The molecule has 0 saturated carbocycles. The minimum Gasteiger partial charge on any atom is -0.0616 e. The van der Waals surface area contributed by atoms with Crippen molar-refractivity contribution in [3.05, 3.63) is 180 Å². The summed E-state index contributed by atoms with van der Waals surface area (Å²) >= 11 is 0. The third kappa shape index (κ3) is 6.21. The molecule has 0 amide bonds. The van der Waals surface area contributed by atoms with Crippen LogP contribution in [0.2, 0.25) is 0 Å². The van der Waals surface area contributed by atoms with Crippen molar-refractivity contribution in [2.75, 3.05) is 0 Å². The number of hydrogen-bond donors (Lipinski definition) is 0. The summed E-state index contributed by atoms with van der Waals surface area (Å²) in [5.74, 6) is 0. The van der Waals surface area contributed by atoms with Crippen molar-refractivity contribution in [1.82, 2.24) is 0 Å². The second-order valence-electron chi connectivity index (χ2n) is 24.9. The monoisotopic (exact) mass is 902 g/mol. The quantitative estimate of drug-likeness (QED) is 0.152. The molecule has 70 heavy (non-hydrogen) atoms. The van der Waals surface area contributed by atoms with Gasteiger partial charge in [-0.05, 0) is 204 Å². The summed E-state index contributed by atoms with van der Waals surface area (Å²) in [7, 11) is 0. The molecular weight excluding hydrogens is 841 g/mol. The third-order valence-corrected chi connectivity index (χ3v) is 16.3. The van der Waals surface area contributed by atoms with E-state index >= 15 is 0 Å². The fourth-order valence-corrected chi connectivity index (χ4v) is 12.4. The maximum Gasteiger partial charge on any atom is -0.000696 e. The number of benzene rings is 11. The van der Waals surface area contributed by atoms with Gasteiger partial charge in [0.15, 0.2) is 0 Å². The molecule has 342 valence electrons. The van der Waals surface area contributed by atoms with Crippen LogP contribution in [-0.4, -0.2) is 0 Å². The lowest BCUT2D eigenvalue weighted by atomic mass is 9.77. The van der Waals surface area contributed by atoms with Gasteiger partial charge < -0.3 is 0 Å². The van der Waals surface area contributed by atoms with Gasteiger partial charge in [-0.2, -0.15) is 0 Å². The van der Waals surface area contributed by atoms with Gasteiger partial charge in [0.25, 0.3) is 0 Å². The third-order valence-electron chi connectivity index (χ3n) is 16.3. The van der Waals surface area contributed by atoms with Crippen LogP contribution >= 0.6 is 0 Å². The average molecular weight is 903 g/mol. The van der Waals surface area contributed by atoms with E-state index in [0.29, 0.717) is 0 Å². The first-order chi connectivity index (χ1) is 33.2. The molecule has 0 unspecified atom stereocenters. The van der Waals surface area contributed by atoms with Gasteiger partial charge in [-0.15, -0.1) is 0 Å². The fraction of sp³-hybridized carbons (Fsp3) is 0.229. The van der Waals surface area contributed by atoms with Gasteiger partial charge in [0.2, 0.25) is 0 Å². The Kier molecular flexibility index (Phi) is 8.79. The Bertz CT molecular complexity index is 4350. The maximum atomic E-state index is 2.62. The molecule has 0 aliphatic heterocycles. The Balaban J connectivity index is 1.38. The van der Waals surface area contributed by atoms with E-state index < -0.39 is 0 Å². The highest BCUT2D eigenvalue weighted by atomic mass is 14.3. The van der Waals surface area contributed by atoms with Crippen LogP contribution in [0.15, 0.2) is 158 Å². The van der Waals surface area contributed by atoms with Gasteiger partial charge in [0, 0.05) is 0 Å². The van der Waals surface area contributed by atoms with E-state index in [2.05, 4.69) is 241 Å². The smallest absolute Gasteiger partial charge is 0.000696 e. The fourth-order valence-electron chi connectivity index (χ4n) is 12.4. The Labute approximate surface area is 412 Å². The summed E-state index contributed by atoms with van der Waals surface area (Å²) in [4.78, 5) is 0. The number of fused-ring (bicyclic) bond motifs is 11. The Morgan fingerprint density at radius 1 is 0.214 bits per heavy atom. The predicted octanol–water partition coefficient (Wildman–Crippen LogP) is 20.6. The Morgan fingerprint density at radius 2 is 0.614 bits per heavy atom. The molecule has 0 aromatic heterocycles. The number of hydrogen-bond acceptors (Lipinski definition) is 0. The van der Waals surface area contributed by atoms with Gasteiger partial charge in [-0.25, -0.2) is 0 Å². The standard InChI is InChI=1S/C70H62/c1-67(2,3)43-28-26-41-30-45(69(7,8)9)35-56(52(41)33-43)63-58-37-54-49-22-15-19-39-20-16-23-50(61(39)49)55(54)38-59(58)64(57-36-46(70(10,11)12)31-42-27-29-44(34-53(42)57)68(4,5)6)66-60-32-40-18-13-14-21-47(40)48-24-17-25-51(62(48)60)65(63)66/h13-38H,1-12H3. The van der Waals surface area contributed by atoms with E-state index in [4.69, 9.17) is 0 Å². The Hall–Kier alpha value is -7.02. The van der Waals surface area contributed by atoms with Crippen LogP contribution in [0.4, 0.5) is 0 Å². The van der Waals surface area contributed by atoms with Crippen LogP contribution < -0.4 is 0 Å². The molecule has 0 heteroatoms. The first-order valence-electron chi connectivity index (χ1n) is 25.6. The van der Waals surface area contributed by atoms with E-state index in [0.717, 1.165) is 0 Å². The topological polar surface area (TPSA) is 0 Å². The van der Waals surface area contributed by atoms with Crippen molar-refractivity contribution in [3.63, 3.8) is 0 Å². The molecule has 0 saturated heterocycles. The summed E-state index contributed by atoms with van der Waals surface area (Å²) in [6.45, 7) is 28.4. The van der Waals surface area contributed by atoms with Crippen LogP contribution in [-0.2, 0) is 21.7 Å². The van der Waals surface area contributed by atoms with E-state index in [1.165, 1.54) is 152 Å². The SMILES string of the molecule is CC(C)(C)c1cc(-c2c3cc4c(cc3c(-c3cc(C(C)(C)C)cc5ccc(C(C)(C)C)cc35)c3c5cc6ccccc6c6cccc(c23)c65)c2cccc3cccc4c32)c2cc(C(C)(C)C)ccc2c1. The average Bonchev–Trinajstić information content (AvgIpc) is 3.81. The van der Waals surface area contributed by atoms with Gasteiger partial charge in [-0.3, -0.25) is 0 Å². The lowest BCUT2D eigenvalue weighted by Crippen LogP contribution is -2.13. The van der Waals surface area contributed by atoms with Crippen LogP contribution in [0.1, 0.15) is 105 Å². The molecule has 0 spiro atoms. The van der Waals surface area contributed by atoms with E-state index in [9.17, 15) is 0 Å². The zero-order chi connectivity index (χ0) is 48.6. The van der Waals surface area contributed by atoms with Crippen LogP contribution in [0, 0.1) is 0 Å². The normalized spacial score (nSPS) is 13.4. The molecule has 0 aliphatic carbocycles. The van der Waals surface area contributed by atoms with Crippen molar-refractivity contribution in [2.24, 2.45) is 0 Å².